The number of anilines is 1. The van der Waals surface area contributed by atoms with Crippen LogP contribution >= 0.6 is 0 Å². The molecule has 0 aliphatic carbocycles. The Balaban J connectivity index is 2.10. The van der Waals surface area contributed by atoms with Crippen molar-refractivity contribution in [1.29, 1.82) is 0 Å². The minimum Gasteiger partial charge on any atom is -0.497 e. The van der Waals surface area contributed by atoms with Gasteiger partial charge in [-0.3, -0.25) is 13.9 Å². The predicted molar refractivity (Wildman–Crippen MR) is 160 cm³/mol. The van der Waals surface area contributed by atoms with E-state index >= 15 is 0 Å². The number of ether oxygens (including phenoxy) is 2. The van der Waals surface area contributed by atoms with Crippen LogP contribution in [0.2, 0.25) is 0 Å². The molecule has 0 saturated heterocycles. The van der Waals surface area contributed by atoms with Crippen molar-refractivity contribution in [1.82, 2.24) is 10.2 Å². The summed E-state index contributed by atoms with van der Waals surface area (Å²) in [6, 6.07) is 15.5. The predicted octanol–water partition coefficient (Wildman–Crippen LogP) is 4.54. The minimum absolute atomic E-state index is 0.0291. The molecule has 1 N–H and O–H groups in total. The number of halogens is 1. The lowest BCUT2D eigenvalue weighted by Crippen LogP contribution is -2.51. The minimum atomic E-state index is -4.30. The number of amides is 2. The number of aryl methyl sites for hydroxylation is 1. The van der Waals surface area contributed by atoms with Gasteiger partial charge in [0.1, 0.15) is 29.9 Å². The van der Waals surface area contributed by atoms with Gasteiger partial charge in [0.05, 0.1) is 24.8 Å². The highest BCUT2D eigenvalue weighted by atomic mass is 32.2. The molecule has 9 nitrogen and oxygen atoms in total. The zero-order chi connectivity index (χ0) is 31.0. The topological polar surface area (TPSA) is 105 Å². The Morgan fingerprint density at radius 1 is 0.929 bits per heavy atom. The highest BCUT2D eigenvalue weighted by Gasteiger charge is 2.34. The Morgan fingerprint density at radius 3 is 2.14 bits per heavy atom. The fraction of sp³-hybridized carbons (Fsp3) is 0.355. The average molecular weight is 600 g/mol. The summed E-state index contributed by atoms with van der Waals surface area (Å²) in [7, 11) is -1.47. The molecular formula is C31H38FN3O6S. The van der Waals surface area contributed by atoms with Gasteiger partial charge in [-0.2, -0.15) is 0 Å². The molecule has 0 saturated carbocycles. The molecule has 0 spiro atoms. The highest BCUT2D eigenvalue weighted by molar-refractivity contribution is 7.92. The molecule has 0 aliphatic rings. The number of nitrogens with one attached hydrogen (secondary N) is 1. The fourth-order valence-corrected chi connectivity index (χ4v) is 5.58. The van der Waals surface area contributed by atoms with Crippen molar-refractivity contribution >= 4 is 27.5 Å². The molecule has 2 amide bonds. The van der Waals surface area contributed by atoms with Crippen LogP contribution in [0.15, 0.2) is 71.6 Å². The first kappa shape index (κ1) is 32.4. The molecule has 3 aromatic carbocycles. The quantitative estimate of drug-likeness (QED) is 0.310. The van der Waals surface area contributed by atoms with Crippen molar-refractivity contribution in [2.24, 2.45) is 5.92 Å². The van der Waals surface area contributed by atoms with Gasteiger partial charge in [-0.1, -0.05) is 43.7 Å². The SMILES string of the molecule is COc1ccc(OC)c(N(CC(=O)N(Cc2ccc(F)cc2)[C@H](C)C(=O)NCC(C)C)S(=O)(=O)c2ccc(C)cc2)c1. The van der Waals surface area contributed by atoms with Crippen LogP contribution in [-0.4, -0.2) is 58.5 Å². The molecule has 3 aromatic rings. The molecule has 3 rings (SSSR count). The van der Waals surface area contributed by atoms with Crippen LogP contribution in [0.3, 0.4) is 0 Å². The van der Waals surface area contributed by atoms with E-state index in [1.807, 2.05) is 20.8 Å². The summed E-state index contributed by atoms with van der Waals surface area (Å²) in [5, 5.41) is 2.83. The van der Waals surface area contributed by atoms with Crippen molar-refractivity contribution in [2.75, 3.05) is 31.6 Å². The van der Waals surface area contributed by atoms with Gasteiger partial charge in [0.2, 0.25) is 11.8 Å². The zero-order valence-electron chi connectivity index (χ0n) is 24.8. The molecule has 226 valence electrons. The first-order chi connectivity index (χ1) is 19.9. The van der Waals surface area contributed by atoms with Gasteiger partial charge in [-0.25, -0.2) is 12.8 Å². The number of hydrogen-bond donors (Lipinski definition) is 1. The lowest BCUT2D eigenvalue weighted by molar-refractivity contribution is -0.139. The Hall–Kier alpha value is -4.12. The van der Waals surface area contributed by atoms with E-state index < -0.39 is 40.2 Å². The van der Waals surface area contributed by atoms with Gasteiger partial charge in [0, 0.05) is 19.2 Å². The van der Waals surface area contributed by atoms with Crippen molar-refractivity contribution in [3.8, 4) is 11.5 Å². The van der Waals surface area contributed by atoms with Crippen LogP contribution in [0.1, 0.15) is 31.9 Å². The molecule has 0 bridgehead atoms. The van der Waals surface area contributed by atoms with Crippen LogP contribution in [0.4, 0.5) is 10.1 Å². The van der Waals surface area contributed by atoms with Crippen LogP contribution < -0.4 is 19.1 Å². The van der Waals surface area contributed by atoms with E-state index in [1.165, 1.54) is 61.6 Å². The van der Waals surface area contributed by atoms with Crippen molar-refractivity contribution in [3.63, 3.8) is 0 Å². The zero-order valence-corrected chi connectivity index (χ0v) is 25.6. The second kappa shape index (κ2) is 14.2. The van der Waals surface area contributed by atoms with Crippen molar-refractivity contribution in [2.45, 2.75) is 45.2 Å². The number of hydrogen-bond acceptors (Lipinski definition) is 6. The molecule has 0 aromatic heterocycles. The van der Waals surface area contributed by atoms with E-state index in [0.717, 1.165) is 9.87 Å². The van der Waals surface area contributed by atoms with Gasteiger partial charge in [0.15, 0.2) is 0 Å². The van der Waals surface area contributed by atoms with Crippen LogP contribution in [0.5, 0.6) is 11.5 Å². The van der Waals surface area contributed by atoms with E-state index in [-0.39, 0.29) is 28.8 Å². The van der Waals surface area contributed by atoms with Crippen molar-refractivity contribution < 1.29 is 31.9 Å². The van der Waals surface area contributed by atoms with Crippen LogP contribution in [0.25, 0.3) is 0 Å². The van der Waals surface area contributed by atoms with Gasteiger partial charge in [0.25, 0.3) is 10.0 Å². The summed E-state index contributed by atoms with van der Waals surface area (Å²) in [5.41, 5.74) is 1.52. The maximum atomic E-state index is 14.1. The number of methoxy groups -OCH3 is 2. The first-order valence-corrected chi connectivity index (χ1v) is 14.9. The Kier molecular flexibility index (Phi) is 10.9. The maximum Gasteiger partial charge on any atom is 0.264 e. The second-order valence-electron chi connectivity index (χ2n) is 10.3. The van der Waals surface area contributed by atoms with Crippen molar-refractivity contribution in [3.05, 3.63) is 83.7 Å². The number of nitrogens with zero attached hydrogens (tertiary/aromatic N) is 2. The third-order valence-corrected chi connectivity index (χ3v) is 8.43. The monoisotopic (exact) mass is 599 g/mol. The summed E-state index contributed by atoms with van der Waals surface area (Å²) >= 11 is 0. The summed E-state index contributed by atoms with van der Waals surface area (Å²) < 4.78 is 53.6. The van der Waals surface area contributed by atoms with Crippen LogP contribution in [0, 0.1) is 18.7 Å². The molecule has 11 heteroatoms. The number of rotatable bonds is 13. The highest BCUT2D eigenvalue weighted by Crippen LogP contribution is 2.36. The van der Waals surface area contributed by atoms with Gasteiger partial charge in [-0.05, 0) is 61.7 Å². The van der Waals surface area contributed by atoms with E-state index in [1.54, 1.807) is 31.2 Å². The molecule has 0 radical (unpaired) electrons. The second-order valence-corrected chi connectivity index (χ2v) is 12.2. The smallest absolute Gasteiger partial charge is 0.264 e. The third kappa shape index (κ3) is 8.00. The van der Waals surface area contributed by atoms with Gasteiger partial charge in [-0.15, -0.1) is 0 Å². The molecule has 0 aliphatic heterocycles. The number of carbonyl (C=O) groups is 2. The lowest BCUT2D eigenvalue weighted by Gasteiger charge is -2.32. The van der Waals surface area contributed by atoms with E-state index in [9.17, 15) is 22.4 Å². The summed E-state index contributed by atoms with van der Waals surface area (Å²) in [6.45, 7) is 7.00. The van der Waals surface area contributed by atoms with Gasteiger partial charge < -0.3 is 19.7 Å². The first-order valence-electron chi connectivity index (χ1n) is 13.5. The normalized spacial score (nSPS) is 12.0. The fourth-order valence-electron chi connectivity index (χ4n) is 4.16. The molecular weight excluding hydrogens is 561 g/mol. The van der Waals surface area contributed by atoms with E-state index in [2.05, 4.69) is 5.32 Å². The summed E-state index contributed by atoms with van der Waals surface area (Å²) in [5.74, 6) is -0.755. The molecule has 1 atom stereocenters. The Morgan fingerprint density at radius 2 is 1.57 bits per heavy atom. The molecule has 0 heterocycles. The standard InChI is InChI=1S/C31H38FN3O6S/c1-21(2)18-33-31(37)23(4)34(19-24-9-11-25(32)12-10-24)30(36)20-35(28-17-26(40-5)13-16-29(28)41-6)42(38,39)27-14-7-22(3)8-15-27/h7-17,21,23H,18-20H2,1-6H3,(H,33,37)/t23-/m1/s1. The average Bonchev–Trinajstić information content (AvgIpc) is 2.97. The molecule has 42 heavy (non-hydrogen) atoms. The third-order valence-electron chi connectivity index (χ3n) is 6.66. The summed E-state index contributed by atoms with van der Waals surface area (Å²) in [6.07, 6.45) is 0. The number of sulfonamides is 1. The Labute approximate surface area is 247 Å². The van der Waals surface area contributed by atoms with Crippen LogP contribution in [-0.2, 0) is 26.2 Å². The largest absolute Gasteiger partial charge is 0.497 e. The van der Waals surface area contributed by atoms with Gasteiger partial charge >= 0.3 is 0 Å². The van der Waals surface area contributed by atoms with E-state index in [4.69, 9.17) is 9.47 Å². The maximum absolute atomic E-state index is 14.1. The molecule has 0 unspecified atom stereocenters. The number of carbonyl (C=O) groups excluding carboxylic acids is 2. The lowest BCUT2D eigenvalue weighted by atomic mass is 10.1. The Bertz CT molecular complexity index is 1480. The van der Waals surface area contributed by atoms with E-state index in [0.29, 0.717) is 17.9 Å². The molecule has 0 fully saturated rings. The summed E-state index contributed by atoms with van der Waals surface area (Å²) in [4.78, 5) is 28.4. The number of benzene rings is 3.